The van der Waals surface area contributed by atoms with Gasteiger partial charge in [0.05, 0.1) is 55.5 Å². The number of ether oxygens (including phenoxy) is 1. The molecule has 4 heterocycles. The zero-order valence-electron chi connectivity index (χ0n) is 32.8. The third-order valence-corrected chi connectivity index (χ3v) is 10.7. The Morgan fingerprint density at radius 2 is 1.66 bits per heavy atom. The number of fused-ring (bicyclic) bond motifs is 1. The van der Waals surface area contributed by atoms with Gasteiger partial charge in [0.25, 0.3) is 5.91 Å². The lowest BCUT2D eigenvalue weighted by molar-refractivity contribution is -0.134. The summed E-state index contributed by atoms with van der Waals surface area (Å²) in [6.07, 6.45) is 5.33. The molecule has 1 aliphatic rings. The summed E-state index contributed by atoms with van der Waals surface area (Å²) in [6.45, 7) is 3.48. The molecule has 0 aliphatic carbocycles. The van der Waals surface area contributed by atoms with Gasteiger partial charge in [0.15, 0.2) is 0 Å². The van der Waals surface area contributed by atoms with Gasteiger partial charge in [-0.2, -0.15) is 0 Å². The van der Waals surface area contributed by atoms with E-state index in [4.69, 9.17) is 9.15 Å². The number of likely N-dealkylation sites (tertiary alicyclic amines) is 1. The summed E-state index contributed by atoms with van der Waals surface area (Å²) in [5, 5.41) is 3.48. The number of aromatic nitrogens is 4. The normalized spacial score (nSPS) is 14.4. The molecule has 0 spiro atoms. The van der Waals surface area contributed by atoms with Gasteiger partial charge >= 0.3 is 6.09 Å². The molecule has 4 aromatic carbocycles. The third-order valence-electron chi connectivity index (χ3n) is 10.7. The highest BCUT2D eigenvalue weighted by Crippen LogP contribution is 2.36. The van der Waals surface area contributed by atoms with E-state index in [2.05, 4.69) is 25.3 Å². The highest BCUT2D eigenvalue weighted by Gasteiger charge is 2.37. The van der Waals surface area contributed by atoms with Gasteiger partial charge in [0.1, 0.15) is 34.9 Å². The number of imidazole rings is 2. The summed E-state index contributed by atoms with van der Waals surface area (Å²) in [4.78, 5) is 58.7. The topological polar surface area (TPSA) is 149 Å². The Hall–Kier alpha value is -7.02. The first kappa shape index (κ1) is 38.8. The largest absolute Gasteiger partial charge is 0.456 e. The molecular formula is C46H44FN7O5. The van der Waals surface area contributed by atoms with Gasteiger partial charge < -0.3 is 34.2 Å². The van der Waals surface area contributed by atoms with Crippen LogP contribution in [0.15, 0.2) is 120 Å². The Labute approximate surface area is 340 Å². The van der Waals surface area contributed by atoms with Crippen LogP contribution < -0.4 is 5.32 Å². The first-order chi connectivity index (χ1) is 28.8. The lowest BCUT2D eigenvalue weighted by Crippen LogP contribution is -2.42. The average Bonchev–Trinajstić information content (AvgIpc) is 4.10. The second kappa shape index (κ2) is 17.2. The van der Waals surface area contributed by atoms with Crippen molar-refractivity contribution in [3.05, 3.63) is 144 Å². The van der Waals surface area contributed by atoms with E-state index >= 15 is 4.39 Å². The van der Waals surface area contributed by atoms with Crippen molar-refractivity contribution in [3.8, 4) is 33.8 Å². The van der Waals surface area contributed by atoms with Crippen LogP contribution in [0, 0.1) is 5.82 Å². The summed E-state index contributed by atoms with van der Waals surface area (Å²) in [5.41, 5.74) is 5.39. The number of hydrogen-bond donors (Lipinski definition) is 3. The number of carbonyl (C=O) groups is 3. The van der Waals surface area contributed by atoms with Crippen molar-refractivity contribution in [2.24, 2.45) is 0 Å². The van der Waals surface area contributed by atoms with Crippen molar-refractivity contribution >= 4 is 28.9 Å². The van der Waals surface area contributed by atoms with E-state index in [9.17, 15) is 14.4 Å². The number of hydrogen-bond acceptors (Lipinski definition) is 7. The number of aromatic amines is 2. The maximum atomic E-state index is 15.8. The SMILES string of the molecule is CCCN(Cc1ncc(-c2ccc(-c3cc4cc(-c5cnc([C@@H]6CCCN6C(=O)[C@H](NC(=O)OC)c6ccccc6)[nH]5)ccc4o3)c(F)c2)[nH]1)C(=O)Cc1ccccc1. The fourth-order valence-electron chi connectivity index (χ4n) is 7.68. The summed E-state index contributed by atoms with van der Waals surface area (Å²) < 4.78 is 26.7. The minimum absolute atomic E-state index is 0.0210. The Morgan fingerprint density at radius 1 is 0.932 bits per heavy atom. The van der Waals surface area contributed by atoms with Gasteiger partial charge in [0, 0.05) is 29.6 Å². The van der Waals surface area contributed by atoms with Crippen LogP contribution in [0.5, 0.6) is 0 Å². The molecule has 0 radical (unpaired) electrons. The first-order valence-electron chi connectivity index (χ1n) is 19.7. The molecule has 1 fully saturated rings. The average molecular weight is 794 g/mol. The lowest BCUT2D eigenvalue weighted by atomic mass is 10.1. The molecule has 8 rings (SSSR count). The molecule has 3 aromatic heterocycles. The van der Waals surface area contributed by atoms with Gasteiger partial charge in [0.2, 0.25) is 5.91 Å². The Balaban J connectivity index is 0.961. The number of benzene rings is 4. The van der Waals surface area contributed by atoms with Crippen LogP contribution in [-0.2, 0) is 27.3 Å². The maximum absolute atomic E-state index is 15.8. The highest BCUT2D eigenvalue weighted by molar-refractivity contribution is 5.88. The Kier molecular flexibility index (Phi) is 11.3. The van der Waals surface area contributed by atoms with Crippen LogP contribution in [0.4, 0.5) is 9.18 Å². The number of amides is 3. The number of rotatable bonds is 13. The summed E-state index contributed by atoms with van der Waals surface area (Å²) in [7, 11) is 1.27. The van der Waals surface area contributed by atoms with Gasteiger partial charge in [-0.1, -0.05) is 73.7 Å². The van der Waals surface area contributed by atoms with E-state index in [1.165, 1.54) is 13.2 Å². The van der Waals surface area contributed by atoms with E-state index in [1.54, 1.807) is 40.4 Å². The molecule has 0 bridgehead atoms. The zero-order valence-corrected chi connectivity index (χ0v) is 32.8. The van der Waals surface area contributed by atoms with Crippen molar-refractivity contribution < 1.29 is 27.9 Å². The van der Waals surface area contributed by atoms with Crippen LogP contribution in [-0.4, -0.2) is 67.8 Å². The molecule has 300 valence electrons. The van der Waals surface area contributed by atoms with Crippen molar-refractivity contribution in [2.75, 3.05) is 20.2 Å². The Morgan fingerprint density at radius 3 is 2.42 bits per heavy atom. The number of carbonyl (C=O) groups excluding carboxylic acids is 3. The molecule has 59 heavy (non-hydrogen) atoms. The number of alkyl carbamates (subject to hydrolysis) is 1. The zero-order chi connectivity index (χ0) is 40.9. The van der Waals surface area contributed by atoms with Crippen molar-refractivity contribution in [3.63, 3.8) is 0 Å². The highest BCUT2D eigenvalue weighted by atomic mass is 19.1. The van der Waals surface area contributed by atoms with E-state index in [1.807, 2.05) is 85.8 Å². The second-order valence-corrected chi connectivity index (χ2v) is 14.6. The molecule has 1 saturated heterocycles. The van der Waals surface area contributed by atoms with Crippen LogP contribution in [0.25, 0.3) is 44.8 Å². The van der Waals surface area contributed by atoms with Gasteiger partial charge in [-0.15, -0.1) is 0 Å². The van der Waals surface area contributed by atoms with Gasteiger partial charge in [-0.25, -0.2) is 19.2 Å². The summed E-state index contributed by atoms with van der Waals surface area (Å²) in [6, 6.07) is 30.0. The first-order valence-corrected chi connectivity index (χ1v) is 19.7. The minimum atomic E-state index is -0.911. The number of H-pyrrole nitrogens is 2. The number of nitrogens with zero attached hydrogens (tertiary/aromatic N) is 4. The van der Waals surface area contributed by atoms with Crippen molar-refractivity contribution in [1.29, 1.82) is 0 Å². The molecule has 7 aromatic rings. The molecule has 13 heteroatoms. The summed E-state index contributed by atoms with van der Waals surface area (Å²) in [5.74, 6) is 0.977. The predicted octanol–water partition coefficient (Wildman–Crippen LogP) is 8.76. The standard InChI is InChI=1S/C46H44FN7O5/c1-3-20-53(42(55)22-29-11-6-4-7-12-29)28-41-48-26-36(50-41)32-16-18-34(35(47)24-32)40-25-33-23-31(17-19-39(33)59-40)37-27-49-44(51-37)38-15-10-21-54(38)45(56)43(52-46(57)58-2)30-13-8-5-9-14-30/h4-9,11-14,16-19,23-27,38,43H,3,10,15,20-22,28H2,1-2H3,(H,48,50)(H,49,51)(H,52,57)/t38-,43+/m0/s1. The van der Waals surface area contributed by atoms with Crippen molar-refractivity contribution in [1.82, 2.24) is 35.1 Å². The van der Waals surface area contributed by atoms with E-state index < -0.39 is 18.0 Å². The van der Waals surface area contributed by atoms with Gasteiger partial charge in [-0.3, -0.25) is 9.59 Å². The molecular weight excluding hydrogens is 750 g/mol. The molecule has 0 saturated carbocycles. The smallest absolute Gasteiger partial charge is 0.407 e. The number of nitrogens with one attached hydrogen (secondary N) is 3. The fraction of sp³-hybridized carbons (Fsp3) is 0.239. The minimum Gasteiger partial charge on any atom is -0.456 e. The molecule has 0 unspecified atom stereocenters. The van der Waals surface area contributed by atoms with Crippen LogP contribution >= 0.6 is 0 Å². The predicted molar refractivity (Wildman–Crippen MR) is 221 cm³/mol. The van der Waals surface area contributed by atoms with E-state index in [0.717, 1.165) is 35.0 Å². The Bertz CT molecular complexity index is 2580. The molecule has 2 atom stereocenters. The number of halogens is 1. The molecule has 1 aliphatic heterocycles. The maximum Gasteiger partial charge on any atom is 0.407 e. The lowest BCUT2D eigenvalue weighted by Gasteiger charge is -2.28. The van der Waals surface area contributed by atoms with E-state index in [-0.39, 0.29) is 17.9 Å². The molecule has 3 amide bonds. The third kappa shape index (κ3) is 8.50. The van der Waals surface area contributed by atoms with Gasteiger partial charge in [-0.05, 0) is 66.8 Å². The quantitative estimate of drug-likeness (QED) is 0.106. The molecule has 12 nitrogen and oxygen atoms in total. The van der Waals surface area contributed by atoms with Crippen molar-refractivity contribution in [2.45, 2.75) is 51.2 Å². The van der Waals surface area contributed by atoms with Crippen LogP contribution in [0.1, 0.15) is 61.0 Å². The summed E-state index contributed by atoms with van der Waals surface area (Å²) >= 11 is 0. The second-order valence-electron chi connectivity index (χ2n) is 14.6. The van der Waals surface area contributed by atoms with E-state index in [0.29, 0.717) is 77.9 Å². The monoisotopic (exact) mass is 793 g/mol. The van der Waals surface area contributed by atoms with Crippen LogP contribution in [0.2, 0.25) is 0 Å². The fourth-order valence-corrected chi connectivity index (χ4v) is 7.68. The van der Waals surface area contributed by atoms with Crippen LogP contribution in [0.3, 0.4) is 0 Å². The number of methoxy groups -OCH3 is 1. The number of furan rings is 1. The molecule has 3 N–H and O–H groups in total.